The van der Waals surface area contributed by atoms with Crippen LogP contribution in [0.5, 0.6) is 5.75 Å². The van der Waals surface area contributed by atoms with E-state index >= 15 is 0 Å². The van der Waals surface area contributed by atoms with E-state index < -0.39 is 11.7 Å². The van der Waals surface area contributed by atoms with E-state index in [1.165, 1.54) is 0 Å². The Kier molecular flexibility index (Phi) is 9.81. The molecule has 0 aromatic heterocycles. The van der Waals surface area contributed by atoms with Crippen LogP contribution >= 0.6 is 0 Å². The third-order valence-electron chi connectivity index (χ3n) is 4.09. The lowest BCUT2D eigenvalue weighted by atomic mass is 9.85. The Morgan fingerprint density at radius 3 is 2.06 bits per heavy atom. The van der Waals surface area contributed by atoms with E-state index in [1.807, 2.05) is 19.1 Å². The molecule has 8 heteroatoms. The van der Waals surface area contributed by atoms with Crippen LogP contribution in [0.15, 0.2) is 18.2 Å². The number of aryl methyl sites for hydroxylation is 1. The summed E-state index contributed by atoms with van der Waals surface area (Å²) in [6.45, 7) is 14.3. The van der Waals surface area contributed by atoms with Crippen molar-refractivity contribution < 1.29 is 23.9 Å². The zero-order valence-corrected chi connectivity index (χ0v) is 19.8. The number of carbonyl (C=O) groups is 3. The van der Waals surface area contributed by atoms with Crippen molar-refractivity contribution in [2.24, 2.45) is 0 Å². The van der Waals surface area contributed by atoms with Gasteiger partial charge in [-0.25, -0.2) is 4.79 Å². The Morgan fingerprint density at radius 2 is 1.48 bits per heavy atom. The van der Waals surface area contributed by atoms with Crippen LogP contribution in [0.1, 0.15) is 59.1 Å². The molecule has 0 aliphatic carbocycles. The Morgan fingerprint density at radius 1 is 0.871 bits per heavy atom. The minimum absolute atomic E-state index is 0.0968. The van der Waals surface area contributed by atoms with Crippen LogP contribution in [0, 0.1) is 6.92 Å². The molecular weight excluding hydrogens is 398 g/mol. The summed E-state index contributed by atoms with van der Waals surface area (Å²) >= 11 is 0. The number of carbonyl (C=O) groups excluding carboxylic acids is 3. The normalized spacial score (nSPS) is 11.5. The summed E-state index contributed by atoms with van der Waals surface area (Å²) in [6, 6.07) is 5.91. The van der Waals surface area contributed by atoms with Gasteiger partial charge in [0.25, 0.3) is 5.91 Å². The van der Waals surface area contributed by atoms with Crippen LogP contribution in [0.4, 0.5) is 4.79 Å². The molecule has 0 saturated heterocycles. The molecule has 0 heterocycles. The maximum absolute atomic E-state index is 12.0. The predicted molar refractivity (Wildman–Crippen MR) is 120 cm³/mol. The van der Waals surface area contributed by atoms with Gasteiger partial charge in [-0.2, -0.15) is 0 Å². The third-order valence-corrected chi connectivity index (χ3v) is 4.09. The summed E-state index contributed by atoms with van der Waals surface area (Å²) in [5, 5.41) is 7.91. The molecule has 1 aromatic carbocycles. The fourth-order valence-electron chi connectivity index (χ4n) is 2.63. The monoisotopic (exact) mass is 435 g/mol. The van der Waals surface area contributed by atoms with Crippen molar-refractivity contribution in [3.8, 4) is 5.75 Å². The van der Waals surface area contributed by atoms with Gasteiger partial charge in [0.1, 0.15) is 11.4 Å². The summed E-state index contributed by atoms with van der Waals surface area (Å²) in [5.74, 6) is 0.205. The molecule has 0 aliphatic rings. The molecule has 31 heavy (non-hydrogen) atoms. The Labute approximate surface area is 185 Å². The van der Waals surface area contributed by atoms with Gasteiger partial charge in [-0.05, 0) is 44.7 Å². The number of amides is 3. The highest BCUT2D eigenvalue weighted by Gasteiger charge is 2.20. The van der Waals surface area contributed by atoms with Crippen LogP contribution in [0.25, 0.3) is 0 Å². The van der Waals surface area contributed by atoms with Gasteiger partial charge in [-0.3, -0.25) is 9.59 Å². The number of hydrogen-bond donors (Lipinski definition) is 3. The lowest BCUT2D eigenvalue weighted by Crippen LogP contribution is -2.38. The van der Waals surface area contributed by atoms with E-state index in [0.717, 1.165) is 11.1 Å². The molecule has 0 aliphatic heterocycles. The van der Waals surface area contributed by atoms with E-state index in [-0.39, 0.29) is 49.9 Å². The highest BCUT2D eigenvalue weighted by molar-refractivity contribution is 5.78. The quantitative estimate of drug-likeness (QED) is 0.517. The first-order chi connectivity index (χ1) is 14.3. The van der Waals surface area contributed by atoms with Crippen molar-refractivity contribution in [2.45, 2.75) is 65.9 Å². The number of benzene rings is 1. The molecule has 1 aromatic rings. The van der Waals surface area contributed by atoms with Crippen LogP contribution in [0.3, 0.4) is 0 Å². The second-order valence-electron chi connectivity index (χ2n) is 9.42. The van der Waals surface area contributed by atoms with E-state index in [0.29, 0.717) is 5.75 Å². The molecule has 174 valence electrons. The molecule has 0 radical (unpaired) electrons. The number of hydrogen-bond acceptors (Lipinski definition) is 5. The molecule has 3 amide bonds. The number of rotatable bonds is 9. The molecule has 0 atom stereocenters. The first-order valence-electron chi connectivity index (χ1n) is 10.5. The lowest BCUT2D eigenvalue weighted by Gasteiger charge is -2.23. The zero-order valence-electron chi connectivity index (χ0n) is 19.8. The van der Waals surface area contributed by atoms with Crippen LogP contribution in [-0.4, -0.2) is 49.7 Å². The fraction of sp³-hybridized carbons (Fsp3) is 0.609. The first kappa shape index (κ1) is 26.3. The van der Waals surface area contributed by atoms with Gasteiger partial charge < -0.3 is 25.4 Å². The van der Waals surface area contributed by atoms with Crippen molar-refractivity contribution in [2.75, 3.05) is 26.2 Å². The molecule has 0 bridgehead atoms. The largest absolute Gasteiger partial charge is 0.483 e. The summed E-state index contributed by atoms with van der Waals surface area (Å²) in [6.07, 6.45) is -0.435. The molecule has 0 fully saturated rings. The minimum atomic E-state index is -0.581. The summed E-state index contributed by atoms with van der Waals surface area (Å²) < 4.78 is 10.8. The molecular formula is C23H37N3O5. The Hall–Kier alpha value is -2.77. The number of ether oxygens (including phenoxy) is 2. The molecule has 0 spiro atoms. The SMILES string of the molecule is Cc1ccc(OCC(=O)NCCNC(=O)CCNC(=O)OC(C)(C)C)c(C(C)(C)C)c1. The minimum Gasteiger partial charge on any atom is -0.483 e. The predicted octanol–water partition coefficient (Wildman–Crippen LogP) is 2.82. The van der Waals surface area contributed by atoms with Gasteiger partial charge in [-0.15, -0.1) is 0 Å². The molecule has 1 rings (SSSR count). The topological polar surface area (TPSA) is 106 Å². The van der Waals surface area contributed by atoms with E-state index in [4.69, 9.17) is 9.47 Å². The van der Waals surface area contributed by atoms with Crippen molar-refractivity contribution in [3.05, 3.63) is 29.3 Å². The second kappa shape index (κ2) is 11.6. The standard InChI is InChI=1S/C23H37N3O5/c1-16-8-9-18(17(14-16)22(2,3)4)30-15-20(28)25-13-12-24-19(27)10-11-26-21(29)31-23(5,6)7/h8-9,14H,10-13,15H2,1-7H3,(H,24,27)(H,25,28)(H,26,29). The average molecular weight is 436 g/mol. The maximum Gasteiger partial charge on any atom is 0.407 e. The van der Waals surface area contributed by atoms with Crippen molar-refractivity contribution in [1.29, 1.82) is 0 Å². The van der Waals surface area contributed by atoms with Gasteiger partial charge in [-0.1, -0.05) is 38.5 Å². The summed E-state index contributed by atoms with van der Waals surface area (Å²) in [5.41, 5.74) is 1.51. The third kappa shape index (κ3) is 11.3. The second-order valence-corrected chi connectivity index (χ2v) is 9.42. The Balaban J connectivity index is 2.26. The van der Waals surface area contributed by atoms with Gasteiger partial charge in [0.15, 0.2) is 6.61 Å². The highest BCUT2D eigenvalue weighted by Crippen LogP contribution is 2.32. The van der Waals surface area contributed by atoms with Crippen molar-refractivity contribution in [3.63, 3.8) is 0 Å². The molecule has 8 nitrogen and oxygen atoms in total. The zero-order chi connectivity index (χ0) is 23.7. The van der Waals surface area contributed by atoms with E-state index in [1.54, 1.807) is 20.8 Å². The smallest absolute Gasteiger partial charge is 0.407 e. The van der Waals surface area contributed by atoms with Gasteiger partial charge in [0.05, 0.1) is 0 Å². The molecule has 3 N–H and O–H groups in total. The summed E-state index contributed by atoms with van der Waals surface area (Å²) in [7, 11) is 0. The first-order valence-corrected chi connectivity index (χ1v) is 10.5. The Bertz CT molecular complexity index is 763. The summed E-state index contributed by atoms with van der Waals surface area (Å²) in [4.78, 5) is 35.3. The van der Waals surface area contributed by atoms with E-state index in [2.05, 4.69) is 42.8 Å². The van der Waals surface area contributed by atoms with Crippen molar-refractivity contribution in [1.82, 2.24) is 16.0 Å². The van der Waals surface area contributed by atoms with Crippen LogP contribution < -0.4 is 20.7 Å². The van der Waals surface area contributed by atoms with Gasteiger partial charge >= 0.3 is 6.09 Å². The van der Waals surface area contributed by atoms with Crippen LogP contribution in [0.2, 0.25) is 0 Å². The molecule has 0 saturated carbocycles. The number of nitrogens with one attached hydrogen (secondary N) is 3. The lowest BCUT2D eigenvalue weighted by molar-refractivity contribution is -0.124. The number of alkyl carbamates (subject to hydrolysis) is 1. The van der Waals surface area contributed by atoms with E-state index in [9.17, 15) is 14.4 Å². The maximum atomic E-state index is 12.0. The van der Waals surface area contributed by atoms with Crippen molar-refractivity contribution >= 4 is 17.9 Å². The fourth-order valence-corrected chi connectivity index (χ4v) is 2.63. The molecule has 0 unspecified atom stereocenters. The van der Waals surface area contributed by atoms with Gasteiger partial charge in [0, 0.05) is 26.1 Å². The average Bonchev–Trinajstić information content (AvgIpc) is 2.62. The van der Waals surface area contributed by atoms with Gasteiger partial charge in [0.2, 0.25) is 5.91 Å². The highest BCUT2D eigenvalue weighted by atomic mass is 16.6. The van der Waals surface area contributed by atoms with Crippen LogP contribution in [-0.2, 0) is 19.7 Å².